The lowest BCUT2D eigenvalue weighted by atomic mass is 9.76. The van der Waals surface area contributed by atoms with Crippen molar-refractivity contribution in [2.75, 3.05) is 10.2 Å². The standard InChI is InChI=1S/C22H19N3O5/c26-16(27)11-10-15-17-18(20(29)25(19(17)28)12-6-2-1-3-7-12)22(24-15)13-8-4-5-9-14(13)23-21(22)30/h1-9,15,17-18,24H,10-11H2,(H,23,30)(H,26,27)/t15-,17+,18-,22+/m1/s1. The molecule has 0 aromatic heterocycles. The Balaban J connectivity index is 1.65. The third-order valence-electron chi connectivity index (χ3n) is 6.47. The predicted octanol–water partition coefficient (Wildman–Crippen LogP) is -0.884. The molecule has 8 heteroatoms. The van der Waals surface area contributed by atoms with E-state index in [1.54, 1.807) is 59.9 Å². The van der Waals surface area contributed by atoms with Crippen LogP contribution in [0, 0.1) is 11.8 Å². The number of aliphatic carboxylic acids is 1. The topological polar surface area (TPSA) is 123 Å². The zero-order chi connectivity index (χ0) is 21.0. The fraction of sp³-hybridized carbons (Fsp3) is 0.273. The molecule has 0 unspecified atom stereocenters. The zero-order valence-electron chi connectivity index (χ0n) is 15.9. The lowest BCUT2D eigenvalue weighted by molar-refractivity contribution is -0.733. The van der Waals surface area contributed by atoms with Crippen molar-refractivity contribution in [2.45, 2.75) is 24.4 Å². The van der Waals surface area contributed by atoms with Gasteiger partial charge in [-0.3, -0.25) is 14.4 Å². The maximum atomic E-state index is 13.6. The first-order valence-corrected chi connectivity index (χ1v) is 9.85. The molecule has 3 amide bonds. The van der Waals surface area contributed by atoms with Crippen molar-refractivity contribution in [3.05, 3.63) is 60.2 Å². The van der Waals surface area contributed by atoms with Gasteiger partial charge in [-0.15, -0.1) is 0 Å². The summed E-state index contributed by atoms with van der Waals surface area (Å²) in [5.41, 5.74) is 0.407. The minimum absolute atomic E-state index is 0.127. The summed E-state index contributed by atoms with van der Waals surface area (Å²) in [5, 5.41) is 15.7. The largest absolute Gasteiger partial charge is 0.550 e. The first-order valence-electron chi connectivity index (χ1n) is 9.85. The number of para-hydroxylation sites is 2. The highest BCUT2D eigenvalue weighted by atomic mass is 16.4. The monoisotopic (exact) mass is 405 g/mol. The third kappa shape index (κ3) is 2.37. The number of anilines is 2. The molecule has 0 saturated carbocycles. The summed E-state index contributed by atoms with van der Waals surface area (Å²) >= 11 is 0. The first-order chi connectivity index (χ1) is 14.4. The van der Waals surface area contributed by atoms with Gasteiger partial charge < -0.3 is 20.5 Å². The molecule has 3 aliphatic heterocycles. The number of imide groups is 1. The lowest BCUT2D eigenvalue weighted by Crippen LogP contribution is -2.99. The fourth-order valence-corrected chi connectivity index (χ4v) is 5.30. The van der Waals surface area contributed by atoms with Crippen molar-refractivity contribution < 1.29 is 29.6 Å². The number of fused-ring (bicyclic) bond motifs is 4. The number of carboxylic acids is 1. The Hall–Kier alpha value is -3.52. The number of hydrogen-bond donors (Lipinski definition) is 2. The summed E-state index contributed by atoms with van der Waals surface area (Å²) in [6.07, 6.45) is -0.126. The second kappa shape index (κ2) is 6.50. The van der Waals surface area contributed by atoms with E-state index in [1.165, 1.54) is 0 Å². The van der Waals surface area contributed by atoms with E-state index in [-0.39, 0.29) is 18.7 Å². The molecule has 0 radical (unpaired) electrons. The highest BCUT2D eigenvalue weighted by Crippen LogP contribution is 2.50. The summed E-state index contributed by atoms with van der Waals surface area (Å²) in [6, 6.07) is 15.2. The molecule has 2 aromatic rings. The molecule has 152 valence electrons. The van der Waals surface area contributed by atoms with Crippen molar-refractivity contribution in [1.29, 1.82) is 0 Å². The molecule has 3 aliphatic rings. The highest BCUT2D eigenvalue weighted by molar-refractivity contribution is 6.25. The molecule has 30 heavy (non-hydrogen) atoms. The maximum absolute atomic E-state index is 13.6. The van der Waals surface area contributed by atoms with Crippen LogP contribution in [0.1, 0.15) is 18.4 Å². The third-order valence-corrected chi connectivity index (χ3v) is 6.47. The summed E-state index contributed by atoms with van der Waals surface area (Å²) < 4.78 is 0. The molecule has 4 atom stereocenters. The molecular formula is C22H19N3O5. The quantitative estimate of drug-likeness (QED) is 0.639. The number of carbonyl (C=O) groups is 4. The van der Waals surface area contributed by atoms with E-state index in [4.69, 9.17) is 0 Å². The van der Waals surface area contributed by atoms with Gasteiger partial charge in [0.2, 0.25) is 17.4 Å². The van der Waals surface area contributed by atoms with Crippen molar-refractivity contribution in [2.24, 2.45) is 11.8 Å². The van der Waals surface area contributed by atoms with Gasteiger partial charge in [0.1, 0.15) is 17.9 Å². The minimum Gasteiger partial charge on any atom is -0.550 e. The first kappa shape index (κ1) is 18.5. The SMILES string of the molecule is O=C([O-])CC[C@H]1[NH2+][C@]2(C(=O)Nc3ccccc32)[C@H]2C(=O)N(c3ccccc3)C(=O)[C@@H]12. The van der Waals surface area contributed by atoms with E-state index in [0.717, 1.165) is 4.90 Å². The average Bonchev–Trinajstić information content (AvgIpc) is 3.32. The molecule has 2 fully saturated rings. The fourth-order valence-electron chi connectivity index (χ4n) is 5.30. The van der Waals surface area contributed by atoms with E-state index in [1.807, 2.05) is 0 Å². The van der Waals surface area contributed by atoms with Crippen LogP contribution in [-0.4, -0.2) is 29.7 Å². The predicted molar refractivity (Wildman–Crippen MR) is 103 cm³/mol. The Bertz CT molecular complexity index is 1090. The number of quaternary nitrogens is 1. The van der Waals surface area contributed by atoms with Gasteiger partial charge in [0.25, 0.3) is 5.91 Å². The normalized spacial score (nSPS) is 29.3. The molecule has 0 aliphatic carbocycles. The van der Waals surface area contributed by atoms with Crippen LogP contribution in [0.15, 0.2) is 54.6 Å². The molecule has 2 aromatic carbocycles. The Morgan fingerprint density at radius 3 is 2.47 bits per heavy atom. The Morgan fingerprint density at radius 1 is 1.03 bits per heavy atom. The van der Waals surface area contributed by atoms with Gasteiger partial charge >= 0.3 is 0 Å². The van der Waals surface area contributed by atoms with Crippen LogP contribution in [-0.2, 0) is 24.7 Å². The number of nitrogens with two attached hydrogens (primary N) is 1. The Morgan fingerprint density at radius 2 is 1.73 bits per heavy atom. The van der Waals surface area contributed by atoms with Crippen molar-refractivity contribution in [3.63, 3.8) is 0 Å². The van der Waals surface area contributed by atoms with Gasteiger partial charge in [-0.1, -0.05) is 36.4 Å². The molecule has 3 heterocycles. The molecule has 2 saturated heterocycles. The van der Waals surface area contributed by atoms with E-state index < -0.39 is 41.2 Å². The number of hydrogen-bond acceptors (Lipinski definition) is 5. The minimum atomic E-state index is -1.30. The molecule has 5 rings (SSSR count). The smallest absolute Gasteiger partial charge is 0.291 e. The van der Waals surface area contributed by atoms with Crippen molar-refractivity contribution in [1.82, 2.24) is 0 Å². The van der Waals surface area contributed by atoms with Crippen LogP contribution >= 0.6 is 0 Å². The highest BCUT2D eigenvalue weighted by Gasteiger charge is 2.74. The van der Waals surface area contributed by atoms with Gasteiger partial charge in [0.05, 0.1) is 11.4 Å². The summed E-state index contributed by atoms with van der Waals surface area (Å²) in [7, 11) is 0. The zero-order valence-corrected chi connectivity index (χ0v) is 15.9. The summed E-state index contributed by atoms with van der Waals surface area (Å²) in [6.45, 7) is 0. The number of rotatable bonds is 4. The van der Waals surface area contributed by atoms with Gasteiger partial charge in [-0.2, -0.15) is 0 Å². The van der Waals surface area contributed by atoms with Crippen LogP contribution in [0.3, 0.4) is 0 Å². The van der Waals surface area contributed by atoms with Crippen LogP contribution < -0.4 is 20.6 Å². The number of amides is 3. The van der Waals surface area contributed by atoms with Crippen LogP contribution in [0.4, 0.5) is 11.4 Å². The molecule has 3 N–H and O–H groups in total. The van der Waals surface area contributed by atoms with Gasteiger partial charge in [-0.05, 0) is 24.6 Å². The molecule has 8 nitrogen and oxygen atoms in total. The van der Waals surface area contributed by atoms with Crippen molar-refractivity contribution >= 4 is 35.1 Å². The van der Waals surface area contributed by atoms with Gasteiger partial charge in [-0.25, -0.2) is 4.90 Å². The molecule has 0 bridgehead atoms. The van der Waals surface area contributed by atoms with E-state index in [0.29, 0.717) is 16.9 Å². The maximum Gasteiger partial charge on any atom is 0.291 e. The number of nitrogens with zero attached hydrogens (tertiary/aromatic N) is 1. The number of carboxylic acid groups (broad SMARTS) is 1. The number of carbonyl (C=O) groups excluding carboxylic acids is 4. The Labute approximate surface area is 171 Å². The lowest BCUT2D eigenvalue weighted by Gasteiger charge is -2.26. The molecule has 1 spiro atoms. The number of nitrogens with one attached hydrogen (secondary N) is 1. The number of benzene rings is 2. The van der Waals surface area contributed by atoms with E-state index >= 15 is 0 Å². The summed E-state index contributed by atoms with van der Waals surface area (Å²) in [4.78, 5) is 52.4. The van der Waals surface area contributed by atoms with Gasteiger partial charge in [0.15, 0.2) is 0 Å². The van der Waals surface area contributed by atoms with Crippen molar-refractivity contribution in [3.8, 4) is 0 Å². The summed E-state index contributed by atoms with van der Waals surface area (Å²) in [5.74, 6) is -4.13. The van der Waals surface area contributed by atoms with Gasteiger partial charge in [0, 0.05) is 18.0 Å². The van der Waals surface area contributed by atoms with Crippen LogP contribution in [0.25, 0.3) is 0 Å². The second-order valence-electron chi connectivity index (χ2n) is 7.96. The Kier molecular flexibility index (Phi) is 4.01. The van der Waals surface area contributed by atoms with E-state index in [2.05, 4.69) is 5.32 Å². The second-order valence-corrected chi connectivity index (χ2v) is 7.96. The molecular weight excluding hydrogens is 386 g/mol. The van der Waals surface area contributed by atoms with Crippen LogP contribution in [0.2, 0.25) is 0 Å². The van der Waals surface area contributed by atoms with E-state index in [9.17, 15) is 24.3 Å². The van der Waals surface area contributed by atoms with Crippen LogP contribution in [0.5, 0.6) is 0 Å². The average molecular weight is 405 g/mol.